The molecule has 0 unspecified atom stereocenters. The molecule has 1 fully saturated rings. The molecule has 1 heterocycles. The van der Waals surface area contributed by atoms with E-state index in [0.29, 0.717) is 0 Å². The lowest BCUT2D eigenvalue weighted by Crippen LogP contribution is -2.27. The molecule has 0 aromatic carbocycles. The topological polar surface area (TPSA) is 67.1 Å². The summed E-state index contributed by atoms with van der Waals surface area (Å²) in [6, 6.07) is 0. The Kier molecular flexibility index (Phi) is 5.17. The van der Waals surface area contributed by atoms with Gasteiger partial charge in [-0.05, 0) is 32.1 Å². The summed E-state index contributed by atoms with van der Waals surface area (Å²) < 4.78 is 0. The van der Waals surface area contributed by atoms with Crippen molar-refractivity contribution in [2.45, 2.75) is 52.4 Å². The van der Waals surface area contributed by atoms with Gasteiger partial charge in [-0.3, -0.25) is 0 Å². The van der Waals surface area contributed by atoms with E-state index in [9.17, 15) is 0 Å². The Bertz CT molecular complexity index is 440. The number of hydrogen-bond donors (Lipinski definition) is 2. The predicted octanol–water partition coefficient (Wildman–Crippen LogP) is 2.65. The molecule has 0 atom stereocenters. The second-order valence-corrected chi connectivity index (χ2v) is 5.86. The zero-order valence-electron chi connectivity index (χ0n) is 12.9. The monoisotopic (exact) mass is 277 g/mol. The number of nitrogens with zero attached hydrogens (tertiary/aromatic N) is 3. The number of aryl methyl sites for hydroxylation is 1. The number of hydrazine groups is 1. The van der Waals surface area contributed by atoms with Crippen molar-refractivity contribution < 1.29 is 0 Å². The third-order valence-corrected chi connectivity index (χ3v) is 4.15. The second-order valence-electron chi connectivity index (χ2n) is 5.86. The summed E-state index contributed by atoms with van der Waals surface area (Å²) in [5.41, 5.74) is 3.74. The summed E-state index contributed by atoms with van der Waals surface area (Å²) in [7, 11) is 2.13. The molecule has 5 heteroatoms. The maximum atomic E-state index is 5.59. The van der Waals surface area contributed by atoms with Gasteiger partial charge in [0.15, 0.2) is 0 Å². The second kappa shape index (κ2) is 6.88. The largest absolute Gasteiger partial charge is 0.359 e. The highest BCUT2D eigenvalue weighted by Gasteiger charge is 2.20. The Morgan fingerprint density at radius 3 is 2.60 bits per heavy atom. The summed E-state index contributed by atoms with van der Waals surface area (Å²) in [5.74, 6) is 9.03. The highest BCUT2D eigenvalue weighted by molar-refractivity contribution is 5.57. The fraction of sp³-hybridized carbons (Fsp3) is 0.733. The Morgan fingerprint density at radius 1 is 1.30 bits per heavy atom. The zero-order valence-corrected chi connectivity index (χ0v) is 12.9. The van der Waals surface area contributed by atoms with Crippen LogP contribution < -0.4 is 16.2 Å². The summed E-state index contributed by atoms with van der Waals surface area (Å²) in [6.07, 6.45) is 7.37. The van der Waals surface area contributed by atoms with Gasteiger partial charge in [-0.15, -0.1) is 0 Å². The minimum atomic E-state index is 0.747. The summed E-state index contributed by atoms with van der Waals surface area (Å²) in [6.45, 7) is 5.25. The fourth-order valence-corrected chi connectivity index (χ4v) is 3.06. The van der Waals surface area contributed by atoms with Crippen molar-refractivity contribution in [1.82, 2.24) is 9.97 Å². The van der Waals surface area contributed by atoms with Gasteiger partial charge in [-0.25, -0.2) is 15.8 Å². The molecule has 0 spiro atoms. The molecule has 0 radical (unpaired) electrons. The number of aromatic nitrogens is 2. The van der Waals surface area contributed by atoms with Crippen LogP contribution in [0.4, 0.5) is 11.6 Å². The lowest BCUT2D eigenvalue weighted by atomic mass is 10.1. The molecule has 1 aromatic rings. The first-order valence-corrected chi connectivity index (χ1v) is 7.71. The number of hydrogen-bond acceptors (Lipinski definition) is 5. The van der Waals surface area contributed by atoms with Crippen LogP contribution in [0.3, 0.4) is 0 Å². The van der Waals surface area contributed by atoms with Crippen molar-refractivity contribution in [3.8, 4) is 0 Å². The number of rotatable bonds is 6. The normalized spacial score (nSPS) is 15.6. The maximum Gasteiger partial charge on any atom is 0.148 e. The van der Waals surface area contributed by atoms with Crippen LogP contribution in [0.25, 0.3) is 0 Å². The number of nitrogen functional groups attached to an aromatic ring is 1. The molecule has 1 aliphatic rings. The van der Waals surface area contributed by atoms with E-state index >= 15 is 0 Å². The average molecular weight is 277 g/mol. The quantitative estimate of drug-likeness (QED) is 0.618. The first-order valence-electron chi connectivity index (χ1n) is 7.71. The zero-order chi connectivity index (χ0) is 14.5. The van der Waals surface area contributed by atoms with Crippen molar-refractivity contribution >= 4 is 11.6 Å². The molecular formula is C15H27N5. The van der Waals surface area contributed by atoms with Gasteiger partial charge in [0.25, 0.3) is 0 Å². The van der Waals surface area contributed by atoms with Crippen molar-refractivity contribution in [3.05, 3.63) is 11.4 Å². The van der Waals surface area contributed by atoms with Crippen molar-refractivity contribution in [3.63, 3.8) is 0 Å². The minimum Gasteiger partial charge on any atom is -0.359 e. The van der Waals surface area contributed by atoms with E-state index < -0.39 is 0 Å². The molecule has 0 aliphatic heterocycles. The standard InChI is InChI=1S/C15H27N5/c1-4-7-13-17-14(19-16)11(2)15(18-13)20(3)10-12-8-5-6-9-12/h12H,4-10,16H2,1-3H3,(H,17,18,19). The Hall–Kier alpha value is -1.36. The van der Waals surface area contributed by atoms with Gasteiger partial charge in [-0.2, -0.15) is 0 Å². The van der Waals surface area contributed by atoms with Gasteiger partial charge in [-0.1, -0.05) is 19.8 Å². The van der Waals surface area contributed by atoms with Crippen LogP contribution in [-0.4, -0.2) is 23.6 Å². The van der Waals surface area contributed by atoms with E-state index in [1.807, 2.05) is 6.92 Å². The van der Waals surface area contributed by atoms with E-state index in [4.69, 9.17) is 10.8 Å². The molecule has 112 valence electrons. The molecule has 1 saturated carbocycles. The Morgan fingerprint density at radius 2 is 2.00 bits per heavy atom. The summed E-state index contributed by atoms with van der Waals surface area (Å²) >= 11 is 0. The van der Waals surface area contributed by atoms with E-state index in [1.165, 1.54) is 25.7 Å². The van der Waals surface area contributed by atoms with Crippen molar-refractivity contribution in [2.24, 2.45) is 11.8 Å². The SMILES string of the molecule is CCCc1nc(NN)c(C)c(N(C)CC2CCCC2)n1. The lowest BCUT2D eigenvalue weighted by molar-refractivity contribution is 0.544. The highest BCUT2D eigenvalue weighted by atomic mass is 15.3. The third-order valence-electron chi connectivity index (χ3n) is 4.15. The molecular weight excluding hydrogens is 250 g/mol. The number of nitrogens with two attached hydrogens (primary N) is 1. The molecule has 0 saturated heterocycles. The Balaban J connectivity index is 2.20. The van der Waals surface area contributed by atoms with Crippen LogP contribution in [0.1, 0.15) is 50.4 Å². The molecule has 20 heavy (non-hydrogen) atoms. The van der Waals surface area contributed by atoms with Crippen LogP contribution in [0, 0.1) is 12.8 Å². The highest BCUT2D eigenvalue weighted by Crippen LogP contribution is 2.28. The van der Waals surface area contributed by atoms with Crippen LogP contribution in [0.15, 0.2) is 0 Å². The minimum absolute atomic E-state index is 0.747. The van der Waals surface area contributed by atoms with Gasteiger partial charge < -0.3 is 10.3 Å². The molecule has 0 bridgehead atoms. The van der Waals surface area contributed by atoms with Crippen molar-refractivity contribution in [1.29, 1.82) is 0 Å². The Labute approximate surface area is 121 Å². The molecule has 1 aliphatic carbocycles. The number of nitrogens with one attached hydrogen (secondary N) is 1. The van der Waals surface area contributed by atoms with Gasteiger partial charge in [0.2, 0.25) is 0 Å². The molecule has 1 aromatic heterocycles. The van der Waals surface area contributed by atoms with E-state index in [0.717, 1.165) is 48.3 Å². The third kappa shape index (κ3) is 3.39. The molecule has 5 nitrogen and oxygen atoms in total. The van der Waals surface area contributed by atoms with Crippen LogP contribution in [0.2, 0.25) is 0 Å². The van der Waals surface area contributed by atoms with E-state index in [-0.39, 0.29) is 0 Å². The van der Waals surface area contributed by atoms with Gasteiger partial charge in [0, 0.05) is 25.6 Å². The van der Waals surface area contributed by atoms with Gasteiger partial charge in [0.05, 0.1) is 0 Å². The fourth-order valence-electron chi connectivity index (χ4n) is 3.06. The van der Waals surface area contributed by atoms with E-state index in [2.05, 4.69) is 29.3 Å². The molecule has 2 rings (SSSR count). The summed E-state index contributed by atoms with van der Waals surface area (Å²) in [5, 5.41) is 0. The molecule has 0 amide bonds. The van der Waals surface area contributed by atoms with Gasteiger partial charge in [0.1, 0.15) is 17.5 Å². The van der Waals surface area contributed by atoms with Crippen molar-refractivity contribution in [2.75, 3.05) is 23.9 Å². The number of anilines is 2. The lowest BCUT2D eigenvalue weighted by Gasteiger charge is -2.25. The van der Waals surface area contributed by atoms with Crippen LogP contribution in [0.5, 0.6) is 0 Å². The summed E-state index contributed by atoms with van der Waals surface area (Å²) in [4.78, 5) is 11.5. The van der Waals surface area contributed by atoms with Crippen LogP contribution >= 0.6 is 0 Å². The first kappa shape index (κ1) is 15.0. The van der Waals surface area contributed by atoms with Crippen LogP contribution in [-0.2, 0) is 6.42 Å². The first-order chi connectivity index (χ1) is 9.65. The van der Waals surface area contributed by atoms with Gasteiger partial charge >= 0.3 is 0 Å². The van der Waals surface area contributed by atoms with E-state index in [1.54, 1.807) is 0 Å². The predicted molar refractivity (Wildman–Crippen MR) is 83.8 cm³/mol. The average Bonchev–Trinajstić information content (AvgIpc) is 2.93. The smallest absolute Gasteiger partial charge is 0.148 e. The molecule has 3 N–H and O–H groups in total. The maximum absolute atomic E-state index is 5.59.